The van der Waals surface area contributed by atoms with E-state index in [-0.39, 0.29) is 41.8 Å². The Bertz CT molecular complexity index is 1740. The highest BCUT2D eigenvalue weighted by molar-refractivity contribution is 6.05. The van der Waals surface area contributed by atoms with Gasteiger partial charge in [0, 0.05) is 60.0 Å². The smallest absolute Gasteiger partial charge is 0.305 e. The highest BCUT2D eigenvalue weighted by atomic mass is 16.4. The van der Waals surface area contributed by atoms with Crippen LogP contribution in [-0.4, -0.2) is 48.2 Å². The number of carboxylic acids is 1. The number of benzene rings is 1. The van der Waals surface area contributed by atoms with Gasteiger partial charge in [0.25, 0.3) is 11.5 Å². The Morgan fingerprint density at radius 1 is 0.925 bits per heavy atom. The number of carbonyl (C=O) groups is 2. The number of carbonyl (C=O) groups excluding carboxylic acids is 1. The summed E-state index contributed by atoms with van der Waals surface area (Å²) in [4.78, 5) is 50.8. The second kappa shape index (κ2) is 11.6. The molecule has 1 aromatic carbocycles. The molecule has 40 heavy (non-hydrogen) atoms. The Morgan fingerprint density at radius 2 is 1.62 bits per heavy atom. The van der Waals surface area contributed by atoms with E-state index >= 15 is 0 Å². The third-order valence-corrected chi connectivity index (χ3v) is 6.43. The van der Waals surface area contributed by atoms with E-state index in [0.29, 0.717) is 28.6 Å². The molecule has 200 valence electrons. The molecule has 5 aromatic rings. The summed E-state index contributed by atoms with van der Waals surface area (Å²) in [6.45, 7) is 0.124. The summed E-state index contributed by atoms with van der Waals surface area (Å²) in [7, 11) is 0. The fourth-order valence-corrected chi connectivity index (χ4v) is 4.50. The van der Waals surface area contributed by atoms with Crippen molar-refractivity contribution in [2.75, 3.05) is 6.54 Å². The molecule has 4 aromatic heterocycles. The Balaban J connectivity index is 1.78. The van der Waals surface area contributed by atoms with Crippen LogP contribution in [0.2, 0.25) is 0 Å². The topological polar surface area (TPSA) is 147 Å². The molecule has 0 fully saturated rings. The molecule has 0 saturated carbocycles. The lowest BCUT2D eigenvalue weighted by atomic mass is 10.0. The van der Waals surface area contributed by atoms with Gasteiger partial charge in [-0.3, -0.25) is 24.4 Å². The van der Waals surface area contributed by atoms with Crippen LogP contribution in [0.5, 0.6) is 5.75 Å². The van der Waals surface area contributed by atoms with Crippen molar-refractivity contribution in [3.63, 3.8) is 0 Å². The van der Waals surface area contributed by atoms with Crippen LogP contribution in [0.3, 0.4) is 0 Å². The quantitative estimate of drug-likeness (QED) is 0.259. The van der Waals surface area contributed by atoms with E-state index in [9.17, 15) is 19.5 Å². The maximum Gasteiger partial charge on any atom is 0.305 e. The Kier molecular flexibility index (Phi) is 7.58. The van der Waals surface area contributed by atoms with Gasteiger partial charge in [0.15, 0.2) is 11.4 Å². The molecule has 0 radical (unpaired) electrons. The van der Waals surface area contributed by atoms with Crippen LogP contribution >= 0.6 is 0 Å². The number of carboxylic acid groups (broad SMARTS) is 1. The third kappa shape index (κ3) is 5.41. The predicted molar refractivity (Wildman–Crippen MR) is 149 cm³/mol. The summed E-state index contributed by atoms with van der Waals surface area (Å²) in [5, 5.41) is 23.1. The summed E-state index contributed by atoms with van der Waals surface area (Å²) in [6, 6.07) is 18.2. The van der Waals surface area contributed by atoms with Gasteiger partial charge in [0.1, 0.15) is 0 Å². The summed E-state index contributed by atoms with van der Waals surface area (Å²) in [5.41, 5.74) is 2.44. The molecular weight excluding hydrogens is 510 g/mol. The van der Waals surface area contributed by atoms with E-state index in [2.05, 4.69) is 20.3 Å². The zero-order chi connectivity index (χ0) is 28.1. The summed E-state index contributed by atoms with van der Waals surface area (Å²) >= 11 is 0. The number of fused-ring (bicyclic) bond motifs is 1. The van der Waals surface area contributed by atoms with Crippen molar-refractivity contribution in [2.45, 2.75) is 19.4 Å². The van der Waals surface area contributed by atoms with Gasteiger partial charge in [-0.25, -0.2) is 4.98 Å². The van der Waals surface area contributed by atoms with Gasteiger partial charge in [-0.1, -0.05) is 36.4 Å². The molecule has 1 amide bonds. The predicted octanol–water partition coefficient (Wildman–Crippen LogP) is 3.67. The maximum absolute atomic E-state index is 14.0. The normalized spacial score (nSPS) is 10.9. The standard InChI is InChI=1S/C30H25N5O5/c36-24(37)10-14-33-29(39)26-28(38)23-16-22(20-8-4-12-31-17-20)30(40)35(15-11-19-6-2-1-3-7-19)27(23)25(34-26)21-9-5-13-32-18-21/h1-9,12-13,16-18,38H,10-11,14-15H2,(H,33,39)(H,36,37). The first-order chi connectivity index (χ1) is 19.4. The van der Waals surface area contributed by atoms with Gasteiger partial charge < -0.3 is 20.1 Å². The highest BCUT2D eigenvalue weighted by Crippen LogP contribution is 2.36. The summed E-state index contributed by atoms with van der Waals surface area (Å²) in [6.07, 6.45) is 6.54. The minimum Gasteiger partial charge on any atom is -0.505 e. The zero-order valence-electron chi connectivity index (χ0n) is 21.3. The number of aromatic hydroxyl groups is 1. The molecule has 0 bridgehead atoms. The van der Waals surface area contributed by atoms with Gasteiger partial charge >= 0.3 is 5.97 Å². The van der Waals surface area contributed by atoms with E-state index in [4.69, 9.17) is 5.11 Å². The lowest BCUT2D eigenvalue weighted by Gasteiger charge is -2.18. The number of rotatable bonds is 9. The number of nitrogens with one attached hydrogen (secondary N) is 1. The maximum atomic E-state index is 14.0. The second-order valence-electron chi connectivity index (χ2n) is 9.05. The monoisotopic (exact) mass is 535 g/mol. The minimum atomic E-state index is -1.07. The first-order valence-corrected chi connectivity index (χ1v) is 12.6. The molecule has 3 N–H and O–H groups in total. The van der Waals surface area contributed by atoms with Crippen LogP contribution in [0.4, 0.5) is 0 Å². The molecule has 4 heterocycles. The number of aliphatic carboxylic acids is 1. The molecular formula is C30H25N5O5. The van der Waals surface area contributed by atoms with Crippen LogP contribution in [-0.2, 0) is 17.8 Å². The van der Waals surface area contributed by atoms with E-state index in [1.807, 2.05) is 30.3 Å². The van der Waals surface area contributed by atoms with Gasteiger partial charge in [-0.05, 0) is 36.2 Å². The number of hydrogen-bond acceptors (Lipinski definition) is 7. The van der Waals surface area contributed by atoms with Crippen molar-refractivity contribution in [2.24, 2.45) is 0 Å². The van der Waals surface area contributed by atoms with E-state index < -0.39 is 17.6 Å². The van der Waals surface area contributed by atoms with Crippen molar-refractivity contribution >= 4 is 22.8 Å². The van der Waals surface area contributed by atoms with Crippen molar-refractivity contribution in [1.29, 1.82) is 0 Å². The molecule has 10 nitrogen and oxygen atoms in total. The Hall–Kier alpha value is -5.38. The molecule has 0 atom stereocenters. The van der Waals surface area contributed by atoms with Crippen LogP contribution in [0.15, 0.2) is 90.2 Å². The lowest BCUT2D eigenvalue weighted by Crippen LogP contribution is -2.28. The number of hydrogen-bond donors (Lipinski definition) is 3. The number of aryl methyl sites for hydroxylation is 2. The number of aromatic nitrogens is 4. The van der Waals surface area contributed by atoms with Crippen LogP contribution in [0, 0.1) is 0 Å². The Morgan fingerprint density at radius 3 is 2.27 bits per heavy atom. The lowest BCUT2D eigenvalue weighted by molar-refractivity contribution is -0.136. The third-order valence-electron chi connectivity index (χ3n) is 6.43. The molecule has 0 spiro atoms. The average molecular weight is 536 g/mol. The van der Waals surface area contributed by atoms with Crippen molar-refractivity contribution in [3.8, 4) is 28.1 Å². The second-order valence-corrected chi connectivity index (χ2v) is 9.05. The summed E-state index contributed by atoms with van der Waals surface area (Å²) < 4.78 is 1.56. The fourth-order valence-electron chi connectivity index (χ4n) is 4.50. The SMILES string of the molecule is O=C(O)CCNC(=O)c1nc(-c2cccnc2)c2c(cc(-c3cccnc3)c(=O)n2CCc2ccccc2)c1O. The molecule has 0 saturated heterocycles. The van der Waals surface area contributed by atoms with Crippen molar-refractivity contribution < 1.29 is 19.8 Å². The molecule has 0 aliphatic carbocycles. The molecule has 0 aliphatic rings. The van der Waals surface area contributed by atoms with Gasteiger partial charge in [-0.15, -0.1) is 0 Å². The minimum absolute atomic E-state index is 0.146. The molecule has 0 unspecified atom stereocenters. The van der Waals surface area contributed by atoms with Gasteiger partial charge in [0.05, 0.1) is 17.6 Å². The molecule has 0 aliphatic heterocycles. The largest absolute Gasteiger partial charge is 0.505 e. The van der Waals surface area contributed by atoms with Gasteiger partial charge in [0.2, 0.25) is 0 Å². The van der Waals surface area contributed by atoms with E-state index in [1.165, 1.54) is 0 Å². The number of amides is 1. The Labute approximate surface area is 228 Å². The van der Waals surface area contributed by atoms with Crippen LogP contribution in [0.25, 0.3) is 33.3 Å². The zero-order valence-corrected chi connectivity index (χ0v) is 21.3. The van der Waals surface area contributed by atoms with Gasteiger partial charge in [-0.2, -0.15) is 0 Å². The van der Waals surface area contributed by atoms with Crippen molar-refractivity contribution in [3.05, 3.63) is 107 Å². The van der Waals surface area contributed by atoms with Crippen LogP contribution in [0.1, 0.15) is 22.5 Å². The molecule has 5 rings (SSSR count). The highest BCUT2D eigenvalue weighted by Gasteiger charge is 2.24. The molecule has 10 heteroatoms. The van der Waals surface area contributed by atoms with Crippen molar-refractivity contribution in [1.82, 2.24) is 24.8 Å². The van der Waals surface area contributed by atoms with E-state index in [0.717, 1.165) is 5.56 Å². The average Bonchev–Trinajstić information content (AvgIpc) is 2.98. The van der Waals surface area contributed by atoms with Crippen LogP contribution < -0.4 is 10.9 Å². The first kappa shape index (κ1) is 26.2. The summed E-state index contributed by atoms with van der Waals surface area (Å²) in [5.74, 6) is -2.24. The number of nitrogens with zero attached hydrogens (tertiary/aromatic N) is 4. The number of pyridine rings is 4. The fraction of sp³-hybridized carbons (Fsp3) is 0.133. The van der Waals surface area contributed by atoms with E-state index in [1.54, 1.807) is 59.7 Å². The first-order valence-electron chi connectivity index (χ1n) is 12.6.